The first kappa shape index (κ1) is 50.4. The van der Waals surface area contributed by atoms with E-state index in [2.05, 4.69) is 21.3 Å². The van der Waals surface area contributed by atoms with Gasteiger partial charge in [-0.2, -0.15) is 0 Å². The number of esters is 2. The molecule has 0 radical (unpaired) electrons. The molecule has 5 aliphatic rings. The van der Waals surface area contributed by atoms with E-state index < -0.39 is 95.2 Å². The third kappa shape index (κ3) is 13.7. The molecule has 0 aromatic heterocycles. The predicted octanol–water partition coefficient (Wildman–Crippen LogP) is 4.26. The Morgan fingerprint density at radius 3 is 1.12 bits per heavy atom. The molecule has 18 heteroatoms. The molecule has 0 spiro atoms. The standard InChI is InChI=1S/C46H74N6O12/c1-45(2,3)63-43(59)49-35(27-15-11-9-12-16-27)39(55)51-25-31(23-33(51)41(57)61-7)47-37(53)29-19-21-30(22-20-29)38(54)48-32-24-34(42(58)62-8)52(26-32)40(56)36(28-17-13-10-14-18-28)50-44(60)64-46(4,5)6/h27-36H,9-26H2,1-8H3,(H,47,53)(H,48,54)(H,49,59)(H,50,60)/t29?,30?,31-,32?,33-,34-,35-,36-/m0/s1. The molecule has 0 aromatic carbocycles. The van der Waals surface area contributed by atoms with Crippen LogP contribution in [0.25, 0.3) is 0 Å². The van der Waals surface area contributed by atoms with Gasteiger partial charge >= 0.3 is 24.1 Å². The normalized spacial score (nSPS) is 26.8. The van der Waals surface area contributed by atoms with E-state index in [9.17, 15) is 38.4 Å². The molecular formula is C46H74N6O12. The highest BCUT2D eigenvalue weighted by molar-refractivity contribution is 5.92. The SMILES string of the molecule is COC(=O)[C@@H]1CC(NC(=O)C2CCC(C(=O)N[C@H]3C[C@@H](C(=O)OC)N(C(=O)[C@@H](NC(=O)OC(C)(C)C)C4CCCCC4)C3)CC2)CN1C(=O)[C@@H](NC(=O)OC(C)(C)C)C1CCCCC1. The molecule has 4 N–H and O–H groups in total. The summed E-state index contributed by atoms with van der Waals surface area (Å²) in [5.74, 6) is -3.55. The van der Waals surface area contributed by atoms with Gasteiger partial charge in [0.1, 0.15) is 35.4 Å². The molecule has 64 heavy (non-hydrogen) atoms. The first-order valence-corrected chi connectivity index (χ1v) is 23.5. The molecule has 360 valence electrons. The van der Waals surface area contributed by atoms with Gasteiger partial charge in [-0.1, -0.05) is 38.5 Å². The molecule has 2 saturated heterocycles. The predicted molar refractivity (Wildman–Crippen MR) is 233 cm³/mol. The molecule has 2 aliphatic heterocycles. The lowest BCUT2D eigenvalue weighted by Gasteiger charge is -2.34. The third-order valence-corrected chi connectivity index (χ3v) is 13.4. The Morgan fingerprint density at radius 1 is 0.500 bits per heavy atom. The van der Waals surface area contributed by atoms with E-state index >= 15 is 0 Å². The lowest BCUT2D eigenvalue weighted by atomic mass is 9.81. The smallest absolute Gasteiger partial charge is 0.408 e. The summed E-state index contributed by atoms with van der Waals surface area (Å²) in [5, 5.41) is 11.7. The molecule has 1 unspecified atom stereocenters. The molecule has 6 amide bonds. The lowest BCUT2D eigenvalue weighted by Crippen LogP contribution is -2.56. The molecule has 3 saturated carbocycles. The second kappa shape index (κ2) is 22.0. The molecular weight excluding hydrogens is 829 g/mol. The van der Waals surface area contributed by atoms with E-state index in [1.54, 1.807) is 41.5 Å². The van der Waals surface area contributed by atoms with E-state index in [-0.39, 0.29) is 49.6 Å². The van der Waals surface area contributed by atoms with Gasteiger partial charge in [-0.25, -0.2) is 19.2 Å². The number of ether oxygens (including phenoxy) is 4. The summed E-state index contributed by atoms with van der Waals surface area (Å²) < 4.78 is 21.2. The van der Waals surface area contributed by atoms with Gasteiger partial charge in [0, 0.05) is 49.9 Å². The molecule has 18 nitrogen and oxygen atoms in total. The average molecular weight is 903 g/mol. The highest BCUT2D eigenvalue weighted by atomic mass is 16.6. The molecule has 0 aromatic rings. The van der Waals surface area contributed by atoms with E-state index in [0.29, 0.717) is 25.7 Å². The van der Waals surface area contributed by atoms with E-state index in [0.717, 1.165) is 64.2 Å². The molecule has 5 rings (SSSR count). The minimum absolute atomic E-state index is 0.0628. The monoisotopic (exact) mass is 903 g/mol. The van der Waals surface area contributed by atoms with Crippen LogP contribution in [0, 0.1) is 23.7 Å². The van der Waals surface area contributed by atoms with Crippen molar-refractivity contribution in [2.45, 2.75) is 192 Å². The van der Waals surface area contributed by atoms with Crippen molar-refractivity contribution in [2.24, 2.45) is 23.7 Å². The number of nitrogens with zero attached hydrogens (tertiary/aromatic N) is 2. The number of amides is 6. The summed E-state index contributed by atoms with van der Waals surface area (Å²) in [6, 6.07) is -4.79. The minimum atomic E-state index is -0.950. The molecule has 0 bridgehead atoms. The van der Waals surface area contributed by atoms with Crippen molar-refractivity contribution in [1.29, 1.82) is 0 Å². The Morgan fingerprint density at radius 2 is 0.828 bits per heavy atom. The van der Waals surface area contributed by atoms with Crippen LogP contribution in [0.3, 0.4) is 0 Å². The Hall–Kier alpha value is -4.64. The zero-order chi connectivity index (χ0) is 46.9. The number of carbonyl (C=O) groups is 8. The summed E-state index contributed by atoms with van der Waals surface area (Å²) in [5.41, 5.74) is -1.55. The van der Waals surface area contributed by atoms with Gasteiger partial charge < -0.3 is 50.0 Å². The summed E-state index contributed by atoms with van der Waals surface area (Å²) in [6.45, 7) is 10.6. The van der Waals surface area contributed by atoms with Crippen molar-refractivity contribution in [3.05, 3.63) is 0 Å². The van der Waals surface area contributed by atoms with Crippen molar-refractivity contribution in [3.63, 3.8) is 0 Å². The second-order valence-corrected chi connectivity index (χ2v) is 20.5. The first-order valence-electron chi connectivity index (χ1n) is 23.5. The van der Waals surface area contributed by atoms with Crippen LogP contribution in [-0.2, 0) is 47.7 Å². The number of methoxy groups -OCH3 is 2. The largest absolute Gasteiger partial charge is 0.467 e. The van der Waals surface area contributed by atoms with Gasteiger partial charge in [-0.15, -0.1) is 0 Å². The van der Waals surface area contributed by atoms with Crippen LogP contribution >= 0.6 is 0 Å². The Labute approximate surface area is 378 Å². The van der Waals surface area contributed by atoms with Crippen LogP contribution in [0.1, 0.15) is 144 Å². The number of carbonyl (C=O) groups excluding carboxylic acids is 8. The second-order valence-electron chi connectivity index (χ2n) is 20.5. The van der Waals surface area contributed by atoms with Crippen molar-refractivity contribution >= 4 is 47.8 Å². The average Bonchev–Trinajstić information content (AvgIpc) is 3.87. The van der Waals surface area contributed by atoms with Crippen molar-refractivity contribution in [2.75, 3.05) is 27.3 Å². The fourth-order valence-electron chi connectivity index (χ4n) is 10.3. The van der Waals surface area contributed by atoms with Crippen LogP contribution in [-0.4, -0.2) is 132 Å². The van der Waals surface area contributed by atoms with Crippen molar-refractivity contribution in [3.8, 4) is 0 Å². The van der Waals surface area contributed by atoms with Gasteiger partial charge in [-0.05, 0) is 105 Å². The molecule has 3 aliphatic carbocycles. The maximum atomic E-state index is 14.3. The number of hydrogen-bond acceptors (Lipinski definition) is 12. The highest BCUT2D eigenvalue weighted by Gasteiger charge is 2.48. The summed E-state index contributed by atoms with van der Waals surface area (Å²) in [4.78, 5) is 111. The Bertz CT molecular complexity index is 1570. The van der Waals surface area contributed by atoms with Crippen LogP contribution in [0.15, 0.2) is 0 Å². The van der Waals surface area contributed by atoms with E-state index in [1.807, 2.05) is 0 Å². The van der Waals surface area contributed by atoms with Gasteiger partial charge in [0.25, 0.3) is 0 Å². The Balaban J connectivity index is 1.17. The summed E-state index contributed by atoms with van der Waals surface area (Å²) in [6.07, 6.45) is 9.33. The van der Waals surface area contributed by atoms with Gasteiger partial charge in [0.2, 0.25) is 23.6 Å². The fourth-order valence-corrected chi connectivity index (χ4v) is 10.3. The van der Waals surface area contributed by atoms with E-state index in [1.165, 1.54) is 24.0 Å². The molecule has 5 fully saturated rings. The zero-order valence-corrected chi connectivity index (χ0v) is 39.3. The number of nitrogens with one attached hydrogen (secondary N) is 4. The van der Waals surface area contributed by atoms with Crippen molar-refractivity contribution in [1.82, 2.24) is 31.1 Å². The van der Waals surface area contributed by atoms with Crippen LogP contribution in [0.5, 0.6) is 0 Å². The van der Waals surface area contributed by atoms with Gasteiger partial charge in [0.15, 0.2) is 0 Å². The quantitative estimate of drug-likeness (QED) is 0.159. The van der Waals surface area contributed by atoms with E-state index in [4.69, 9.17) is 18.9 Å². The van der Waals surface area contributed by atoms with Gasteiger partial charge in [-0.3, -0.25) is 19.2 Å². The van der Waals surface area contributed by atoms with Crippen LogP contribution in [0.2, 0.25) is 0 Å². The fraction of sp³-hybridized carbons (Fsp3) is 0.826. The first-order chi connectivity index (χ1) is 30.2. The lowest BCUT2D eigenvalue weighted by molar-refractivity contribution is -0.152. The summed E-state index contributed by atoms with van der Waals surface area (Å²) >= 11 is 0. The maximum absolute atomic E-state index is 14.3. The van der Waals surface area contributed by atoms with Gasteiger partial charge in [0.05, 0.1) is 14.2 Å². The number of alkyl carbamates (subject to hydrolysis) is 2. The summed E-state index contributed by atoms with van der Waals surface area (Å²) in [7, 11) is 2.51. The number of hydrogen-bond donors (Lipinski definition) is 4. The van der Waals surface area contributed by atoms with Crippen molar-refractivity contribution < 1.29 is 57.3 Å². The number of likely N-dealkylation sites (tertiary alicyclic amines) is 2. The zero-order valence-electron chi connectivity index (χ0n) is 39.3. The minimum Gasteiger partial charge on any atom is -0.467 e. The van der Waals surface area contributed by atoms with Crippen LogP contribution in [0.4, 0.5) is 9.59 Å². The number of rotatable bonds is 12. The topological polar surface area (TPSA) is 228 Å². The van der Waals surface area contributed by atoms with Crippen LogP contribution < -0.4 is 21.3 Å². The molecule has 2 heterocycles. The third-order valence-electron chi connectivity index (χ3n) is 13.4. The highest BCUT2D eigenvalue weighted by Crippen LogP contribution is 2.34. The Kier molecular flexibility index (Phi) is 17.3. The maximum Gasteiger partial charge on any atom is 0.408 e. The molecule has 6 atom stereocenters.